The number of aromatic carboxylic acids is 1. The summed E-state index contributed by atoms with van der Waals surface area (Å²) in [5.41, 5.74) is 3.46. The van der Waals surface area contributed by atoms with E-state index in [-0.39, 0.29) is 0 Å². The Morgan fingerprint density at radius 1 is 1.38 bits per heavy atom. The molecule has 0 atom stereocenters. The zero-order valence-corrected chi connectivity index (χ0v) is 11.9. The van der Waals surface area contributed by atoms with Crippen molar-refractivity contribution in [3.8, 4) is 0 Å². The molecule has 0 spiro atoms. The van der Waals surface area contributed by atoms with Crippen molar-refractivity contribution in [2.45, 2.75) is 26.3 Å². The molecule has 5 heteroatoms. The van der Waals surface area contributed by atoms with Crippen LogP contribution in [0.5, 0.6) is 0 Å². The van der Waals surface area contributed by atoms with E-state index in [1.807, 2.05) is 18.2 Å². The molecule has 0 saturated heterocycles. The van der Waals surface area contributed by atoms with Crippen LogP contribution in [0.4, 0.5) is 5.82 Å². The van der Waals surface area contributed by atoms with Crippen molar-refractivity contribution in [2.24, 2.45) is 0 Å². The number of anilines is 1. The highest BCUT2D eigenvalue weighted by Gasteiger charge is 2.22. The van der Waals surface area contributed by atoms with Crippen LogP contribution in [0.15, 0.2) is 30.6 Å². The summed E-state index contributed by atoms with van der Waals surface area (Å²) in [5, 5.41) is 9.26. The van der Waals surface area contributed by atoms with E-state index < -0.39 is 5.97 Å². The summed E-state index contributed by atoms with van der Waals surface area (Å²) >= 11 is 0. The molecule has 21 heavy (non-hydrogen) atoms. The molecule has 108 valence electrons. The maximum absolute atomic E-state index is 11.3. The number of carboxylic acid groups (broad SMARTS) is 1. The van der Waals surface area contributed by atoms with Crippen molar-refractivity contribution in [3.63, 3.8) is 0 Å². The van der Waals surface area contributed by atoms with Gasteiger partial charge in [-0.15, -0.1) is 0 Å². The zero-order valence-electron chi connectivity index (χ0n) is 11.9. The monoisotopic (exact) mass is 283 g/mol. The number of aromatic nitrogens is 2. The highest BCUT2D eigenvalue weighted by Crippen LogP contribution is 2.25. The third-order valence-corrected chi connectivity index (χ3v) is 3.89. The van der Waals surface area contributed by atoms with Crippen molar-refractivity contribution < 1.29 is 9.90 Å². The molecule has 5 nitrogen and oxygen atoms in total. The lowest BCUT2D eigenvalue weighted by Gasteiger charge is -2.30. The SMILES string of the molecule is CCc1cc(N2CCc3c(cccc3C(=O)O)C2)ncn1. The fraction of sp³-hybridized carbons (Fsp3) is 0.312. The van der Waals surface area contributed by atoms with E-state index in [2.05, 4.69) is 21.8 Å². The standard InChI is InChI=1S/C16H17N3O2/c1-2-12-8-15(18-10-17-12)19-7-6-13-11(9-19)4-3-5-14(13)16(20)21/h3-5,8,10H,2,6-7,9H2,1H3,(H,20,21). The molecule has 2 heterocycles. The molecule has 1 aromatic carbocycles. The van der Waals surface area contributed by atoms with E-state index in [0.29, 0.717) is 12.1 Å². The predicted octanol–water partition coefficient (Wildman–Crippen LogP) is 2.30. The van der Waals surface area contributed by atoms with Gasteiger partial charge in [0, 0.05) is 24.8 Å². The molecule has 2 aromatic rings. The van der Waals surface area contributed by atoms with Gasteiger partial charge in [0.25, 0.3) is 0 Å². The number of hydrogen-bond acceptors (Lipinski definition) is 4. The molecule has 3 rings (SSSR count). The van der Waals surface area contributed by atoms with Gasteiger partial charge in [-0.25, -0.2) is 14.8 Å². The topological polar surface area (TPSA) is 66.3 Å². The summed E-state index contributed by atoms with van der Waals surface area (Å²) in [6.07, 6.45) is 3.20. The minimum atomic E-state index is -0.851. The van der Waals surface area contributed by atoms with Crippen LogP contribution in [0.1, 0.15) is 34.1 Å². The Morgan fingerprint density at radius 2 is 2.24 bits per heavy atom. The Labute approximate surface area is 123 Å². The normalized spacial score (nSPS) is 13.9. The summed E-state index contributed by atoms with van der Waals surface area (Å²) in [7, 11) is 0. The fourth-order valence-corrected chi connectivity index (χ4v) is 2.76. The van der Waals surface area contributed by atoms with E-state index >= 15 is 0 Å². The molecule has 0 saturated carbocycles. The van der Waals surface area contributed by atoms with E-state index in [0.717, 1.165) is 42.0 Å². The molecule has 0 bridgehead atoms. The van der Waals surface area contributed by atoms with Crippen LogP contribution in [0.2, 0.25) is 0 Å². The van der Waals surface area contributed by atoms with E-state index in [1.54, 1.807) is 12.4 Å². The van der Waals surface area contributed by atoms with Gasteiger partial charge in [-0.1, -0.05) is 19.1 Å². The number of benzene rings is 1. The van der Waals surface area contributed by atoms with Crippen molar-refractivity contribution in [2.75, 3.05) is 11.4 Å². The first-order chi connectivity index (χ1) is 10.2. The van der Waals surface area contributed by atoms with Gasteiger partial charge in [0.15, 0.2) is 0 Å². The van der Waals surface area contributed by atoms with Gasteiger partial charge in [-0.3, -0.25) is 0 Å². The Hall–Kier alpha value is -2.43. The summed E-state index contributed by atoms with van der Waals surface area (Å²) in [6, 6.07) is 7.49. The number of fused-ring (bicyclic) bond motifs is 1. The number of carbonyl (C=O) groups is 1. The van der Waals surface area contributed by atoms with Crippen LogP contribution in [0, 0.1) is 0 Å². The number of carboxylic acids is 1. The van der Waals surface area contributed by atoms with Crippen LogP contribution in [-0.4, -0.2) is 27.6 Å². The Morgan fingerprint density at radius 3 is 3.00 bits per heavy atom. The van der Waals surface area contributed by atoms with Crippen molar-refractivity contribution in [1.82, 2.24) is 9.97 Å². The second-order valence-electron chi connectivity index (χ2n) is 5.14. The molecule has 0 amide bonds. The first-order valence-corrected chi connectivity index (χ1v) is 7.09. The molecular weight excluding hydrogens is 266 g/mol. The molecule has 1 aliphatic rings. The summed E-state index contributed by atoms with van der Waals surface area (Å²) < 4.78 is 0. The number of nitrogens with zero attached hydrogens (tertiary/aromatic N) is 3. The van der Waals surface area contributed by atoms with Crippen LogP contribution in [0.25, 0.3) is 0 Å². The van der Waals surface area contributed by atoms with Gasteiger partial charge < -0.3 is 10.0 Å². The third kappa shape index (κ3) is 2.59. The van der Waals surface area contributed by atoms with Gasteiger partial charge in [0.2, 0.25) is 0 Å². The molecule has 0 aliphatic carbocycles. The molecule has 1 N–H and O–H groups in total. The first-order valence-electron chi connectivity index (χ1n) is 7.09. The Balaban J connectivity index is 1.91. The lowest BCUT2D eigenvalue weighted by atomic mass is 9.94. The van der Waals surface area contributed by atoms with Crippen LogP contribution >= 0.6 is 0 Å². The maximum Gasteiger partial charge on any atom is 0.335 e. The Bertz CT molecular complexity index is 685. The summed E-state index contributed by atoms with van der Waals surface area (Å²) in [6.45, 7) is 3.53. The molecule has 1 aromatic heterocycles. The second-order valence-corrected chi connectivity index (χ2v) is 5.14. The predicted molar refractivity (Wildman–Crippen MR) is 79.6 cm³/mol. The highest BCUT2D eigenvalue weighted by molar-refractivity contribution is 5.90. The first kappa shape index (κ1) is 13.5. The van der Waals surface area contributed by atoms with Crippen molar-refractivity contribution in [1.29, 1.82) is 0 Å². The number of rotatable bonds is 3. The van der Waals surface area contributed by atoms with Crippen molar-refractivity contribution >= 4 is 11.8 Å². The fourth-order valence-electron chi connectivity index (χ4n) is 2.76. The number of aryl methyl sites for hydroxylation is 1. The molecule has 1 aliphatic heterocycles. The van der Waals surface area contributed by atoms with Crippen LogP contribution in [-0.2, 0) is 19.4 Å². The van der Waals surface area contributed by atoms with E-state index in [4.69, 9.17) is 0 Å². The van der Waals surface area contributed by atoms with Gasteiger partial charge in [0.05, 0.1) is 5.56 Å². The van der Waals surface area contributed by atoms with Crippen LogP contribution < -0.4 is 4.90 Å². The molecule has 0 radical (unpaired) electrons. The van der Waals surface area contributed by atoms with Gasteiger partial charge in [-0.05, 0) is 30.0 Å². The lowest BCUT2D eigenvalue weighted by Crippen LogP contribution is -2.32. The largest absolute Gasteiger partial charge is 0.478 e. The number of hydrogen-bond donors (Lipinski definition) is 1. The smallest absolute Gasteiger partial charge is 0.335 e. The lowest BCUT2D eigenvalue weighted by molar-refractivity contribution is 0.0695. The van der Waals surface area contributed by atoms with Crippen LogP contribution in [0.3, 0.4) is 0 Å². The third-order valence-electron chi connectivity index (χ3n) is 3.89. The maximum atomic E-state index is 11.3. The van der Waals surface area contributed by atoms with E-state index in [1.165, 1.54) is 0 Å². The highest BCUT2D eigenvalue weighted by atomic mass is 16.4. The summed E-state index contributed by atoms with van der Waals surface area (Å²) in [4.78, 5) is 22.0. The average molecular weight is 283 g/mol. The van der Waals surface area contributed by atoms with E-state index in [9.17, 15) is 9.90 Å². The van der Waals surface area contributed by atoms with Gasteiger partial charge >= 0.3 is 5.97 Å². The Kier molecular flexibility index (Phi) is 3.56. The molecule has 0 fully saturated rings. The van der Waals surface area contributed by atoms with Gasteiger partial charge in [-0.2, -0.15) is 0 Å². The minimum absolute atomic E-state index is 0.420. The molecule has 0 unspecified atom stereocenters. The zero-order chi connectivity index (χ0) is 14.8. The molecular formula is C16H17N3O2. The minimum Gasteiger partial charge on any atom is -0.478 e. The van der Waals surface area contributed by atoms with Gasteiger partial charge in [0.1, 0.15) is 12.1 Å². The quantitative estimate of drug-likeness (QED) is 0.936. The summed E-state index contributed by atoms with van der Waals surface area (Å²) in [5.74, 6) is 0.0591. The average Bonchev–Trinajstić information content (AvgIpc) is 2.53. The second kappa shape index (κ2) is 5.52. The van der Waals surface area contributed by atoms with Crippen molar-refractivity contribution in [3.05, 3.63) is 53.0 Å².